The summed E-state index contributed by atoms with van der Waals surface area (Å²) >= 11 is 3.74. The average Bonchev–Trinajstić information content (AvgIpc) is 2.82. The summed E-state index contributed by atoms with van der Waals surface area (Å²) in [6, 6.07) is 8.22. The molecule has 0 saturated carbocycles. The molecule has 1 aromatic carbocycles. The van der Waals surface area contributed by atoms with Crippen molar-refractivity contribution in [2.45, 2.75) is 65.1 Å². The molecule has 1 fully saturated rings. The average molecular weight is 339 g/mol. The molecule has 0 spiro atoms. The maximum absolute atomic E-state index is 3.74. The first kappa shape index (κ1) is 15.8. The van der Waals surface area contributed by atoms with Gasteiger partial charge in [0.05, 0.1) is 0 Å². The third-order valence-electron chi connectivity index (χ3n) is 4.33. The third-order valence-corrected chi connectivity index (χ3v) is 5.07. The first-order valence-electron chi connectivity index (χ1n) is 7.94. The minimum absolute atomic E-state index is 0.663. The summed E-state index contributed by atoms with van der Waals surface area (Å²) in [4.78, 5) is 2.61. The van der Waals surface area contributed by atoms with Gasteiger partial charge in [0.1, 0.15) is 0 Å². The summed E-state index contributed by atoms with van der Waals surface area (Å²) in [6.45, 7) is 8.87. The van der Waals surface area contributed by atoms with Crippen LogP contribution < -0.4 is 10.2 Å². The van der Waals surface area contributed by atoms with Crippen molar-refractivity contribution >= 4 is 21.6 Å². The van der Waals surface area contributed by atoms with Gasteiger partial charge in [-0.2, -0.15) is 0 Å². The van der Waals surface area contributed by atoms with Crippen molar-refractivity contribution in [2.24, 2.45) is 0 Å². The molecule has 3 heteroatoms. The first-order valence-corrected chi connectivity index (χ1v) is 8.74. The lowest BCUT2D eigenvalue weighted by Gasteiger charge is -2.30. The Balaban J connectivity index is 2.11. The van der Waals surface area contributed by atoms with Gasteiger partial charge in [-0.1, -0.05) is 35.8 Å². The fourth-order valence-corrected chi connectivity index (χ4v) is 3.68. The maximum Gasteiger partial charge on any atom is 0.0382 e. The molecule has 0 aliphatic carbocycles. The molecule has 0 aromatic heterocycles. The number of rotatable bonds is 6. The van der Waals surface area contributed by atoms with E-state index in [0.29, 0.717) is 12.1 Å². The highest BCUT2D eigenvalue weighted by Gasteiger charge is 2.29. The Bertz CT molecular complexity index is 433. The Morgan fingerprint density at radius 2 is 2.10 bits per heavy atom. The zero-order chi connectivity index (χ0) is 14.5. The van der Waals surface area contributed by atoms with Crippen molar-refractivity contribution in [3.8, 4) is 0 Å². The predicted octanol–water partition coefficient (Wildman–Crippen LogP) is 4.72. The zero-order valence-electron chi connectivity index (χ0n) is 13.0. The second kappa shape index (κ2) is 7.46. The minimum atomic E-state index is 0.663. The van der Waals surface area contributed by atoms with Crippen LogP contribution in [-0.4, -0.2) is 18.6 Å². The molecule has 0 amide bonds. The highest BCUT2D eigenvalue weighted by Crippen LogP contribution is 2.34. The lowest BCUT2D eigenvalue weighted by Crippen LogP contribution is -2.34. The van der Waals surface area contributed by atoms with Crippen LogP contribution in [0, 0.1) is 0 Å². The van der Waals surface area contributed by atoms with Gasteiger partial charge in [0, 0.05) is 28.8 Å². The van der Waals surface area contributed by atoms with Crippen LogP contribution in [-0.2, 0) is 6.54 Å². The first-order chi connectivity index (χ1) is 9.67. The molecular weight excluding hydrogens is 312 g/mol. The summed E-state index contributed by atoms with van der Waals surface area (Å²) in [7, 11) is 0. The zero-order valence-corrected chi connectivity index (χ0v) is 14.5. The second-order valence-electron chi connectivity index (χ2n) is 5.85. The molecule has 20 heavy (non-hydrogen) atoms. The van der Waals surface area contributed by atoms with E-state index in [1.807, 2.05) is 0 Å². The number of benzene rings is 1. The van der Waals surface area contributed by atoms with Gasteiger partial charge in [0.2, 0.25) is 0 Å². The lowest BCUT2D eigenvalue weighted by atomic mass is 10.1. The van der Waals surface area contributed by atoms with Crippen LogP contribution in [0.4, 0.5) is 5.69 Å². The fourth-order valence-electron chi connectivity index (χ4n) is 3.18. The topological polar surface area (TPSA) is 15.3 Å². The number of nitrogens with one attached hydrogen (secondary N) is 1. The van der Waals surface area contributed by atoms with Crippen LogP contribution in [0.2, 0.25) is 0 Å². The maximum atomic E-state index is 3.74. The van der Waals surface area contributed by atoms with Gasteiger partial charge in [-0.05, 0) is 56.8 Å². The Kier molecular flexibility index (Phi) is 5.91. The summed E-state index contributed by atoms with van der Waals surface area (Å²) < 4.78 is 1.23. The van der Waals surface area contributed by atoms with Crippen LogP contribution in [0.1, 0.15) is 52.0 Å². The minimum Gasteiger partial charge on any atom is -0.366 e. The van der Waals surface area contributed by atoms with E-state index in [1.54, 1.807) is 0 Å². The van der Waals surface area contributed by atoms with Gasteiger partial charge in [-0.25, -0.2) is 0 Å². The quantitative estimate of drug-likeness (QED) is 0.755. The molecule has 1 aliphatic rings. The van der Waals surface area contributed by atoms with E-state index < -0.39 is 0 Å². The molecule has 2 atom stereocenters. The molecule has 112 valence electrons. The molecule has 1 heterocycles. The van der Waals surface area contributed by atoms with Gasteiger partial charge < -0.3 is 10.2 Å². The standard InChI is InChI=1S/C17H27BrN2/c1-4-10-19-12-14-7-9-16(11-17(14)18)20-13(3)6-8-15(20)5-2/h7,9,11,13,15,19H,4-6,8,10,12H2,1-3H3. The van der Waals surface area contributed by atoms with E-state index in [4.69, 9.17) is 0 Å². The van der Waals surface area contributed by atoms with E-state index in [2.05, 4.69) is 65.1 Å². The van der Waals surface area contributed by atoms with Crippen LogP contribution >= 0.6 is 15.9 Å². The van der Waals surface area contributed by atoms with Gasteiger partial charge in [-0.3, -0.25) is 0 Å². The number of hydrogen-bond acceptors (Lipinski definition) is 2. The summed E-state index contributed by atoms with van der Waals surface area (Å²) in [6.07, 6.45) is 5.06. The van der Waals surface area contributed by atoms with Crippen molar-refractivity contribution in [2.75, 3.05) is 11.4 Å². The highest BCUT2D eigenvalue weighted by atomic mass is 79.9. The van der Waals surface area contributed by atoms with Crippen LogP contribution in [0.25, 0.3) is 0 Å². The second-order valence-corrected chi connectivity index (χ2v) is 6.70. The van der Waals surface area contributed by atoms with Crippen LogP contribution in [0.5, 0.6) is 0 Å². The molecule has 1 aliphatic heterocycles. The Morgan fingerprint density at radius 3 is 2.75 bits per heavy atom. The van der Waals surface area contributed by atoms with Crippen LogP contribution in [0.15, 0.2) is 22.7 Å². The van der Waals surface area contributed by atoms with Gasteiger partial charge in [-0.15, -0.1) is 0 Å². The molecule has 1 N–H and O–H groups in total. The molecule has 2 rings (SSSR count). The highest BCUT2D eigenvalue weighted by molar-refractivity contribution is 9.10. The van der Waals surface area contributed by atoms with Gasteiger partial charge in [0.15, 0.2) is 0 Å². The number of hydrogen-bond donors (Lipinski definition) is 1. The van der Waals surface area contributed by atoms with Crippen molar-refractivity contribution in [1.82, 2.24) is 5.32 Å². The van der Waals surface area contributed by atoms with Gasteiger partial charge >= 0.3 is 0 Å². The Labute approximate surface area is 132 Å². The van der Waals surface area contributed by atoms with Crippen LogP contribution in [0.3, 0.4) is 0 Å². The number of anilines is 1. The van der Waals surface area contributed by atoms with Crippen molar-refractivity contribution < 1.29 is 0 Å². The van der Waals surface area contributed by atoms with E-state index >= 15 is 0 Å². The summed E-state index contributed by atoms with van der Waals surface area (Å²) in [5.41, 5.74) is 2.72. The molecular formula is C17H27BrN2. The Hall–Kier alpha value is -0.540. The van der Waals surface area contributed by atoms with E-state index in [-0.39, 0.29) is 0 Å². The lowest BCUT2D eigenvalue weighted by molar-refractivity contribution is 0.627. The smallest absolute Gasteiger partial charge is 0.0382 e. The molecule has 2 nitrogen and oxygen atoms in total. The molecule has 0 bridgehead atoms. The van der Waals surface area contributed by atoms with Gasteiger partial charge in [0.25, 0.3) is 0 Å². The molecule has 1 saturated heterocycles. The number of halogens is 1. The van der Waals surface area contributed by atoms with Crippen molar-refractivity contribution in [1.29, 1.82) is 0 Å². The largest absolute Gasteiger partial charge is 0.366 e. The normalized spacial score (nSPS) is 22.5. The monoisotopic (exact) mass is 338 g/mol. The molecule has 0 radical (unpaired) electrons. The molecule has 2 unspecified atom stereocenters. The number of nitrogens with zero attached hydrogens (tertiary/aromatic N) is 1. The Morgan fingerprint density at radius 1 is 1.30 bits per heavy atom. The summed E-state index contributed by atoms with van der Waals surface area (Å²) in [5, 5.41) is 3.47. The SMILES string of the molecule is CCCNCc1ccc(N2C(C)CCC2CC)cc1Br. The molecule has 1 aromatic rings. The van der Waals surface area contributed by atoms with E-state index in [1.165, 1.54) is 41.4 Å². The summed E-state index contributed by atoms with van der Waals surface area (Å²) in [5.74, 6) is 0. The van der Waals surface area contributed by atoms with Crippen molar-refractivity contribution in [3.63, 3.8) is 0 Å². The third kappa shape index (κ3) is 3.56. The van der Waals surface area contributed by atoms with E-state index in [9.17, 15) is 0 Å². The predicted molar refractivity (Wildman–Crippen MR) is 91.4 cm³/mol. The van der Waals surface area contributed by atoms with Crippen molar-refractivity contribution in [3.05, 3.63) is 28.2 Å². The van der Waals surface area contributed by atoms with E-state index in [0.717, 1.165) is 13.1 Å². The fraction of sp³-hybridized carbons (Fsp3) is 0.647.